The molecule has 0 aliphatic carbocycles. The van der Waals surface area contributed by atoms with Crippen LogP contribution in [0.2, 0.25) is 5.02 Å². The lowest BCUT2D eigenvalue weighted by Gasteiger charge is -2.49. The van der Waals surface area contributed by atoms with Crippen molar-refractivity contribution >= 4 is 11.6 Å². The summed E-state index contributed by atoms with van der Waals surface area (Å²) in [5.74, 6) is 1.27. The third-order valence-corrected chi connectivity index (χ3v) is 5.77. The number of hydrogen-bond donors (Lipinski definition) is 1. The standard InChI is InChI=1S/C24H28ClN3O3/c1-22(2)14-24(29,15-23(3,4)31-22)20-13-28(17-8-6-16(25)7-9-17)21(27-20)18-10-11-26-12-19(18)30-5/h6-13,29H,14-15H2,1-5H3. The number of pyridine rings is 1. The average molecular weight is 442 g/mol. The lowest BCUT2D eigenvalue weighted by atomic mass is 9.76. The molecule has 0 radical (unpaired) electrons. The van der Waals surface area contributed by atoms with Crippen LogP contribution in [-0.4, -0.2) is 38.0 Å². The van der Waals surface area contributed by atoms with Crippen LogP contribution < -0.4 is 4.74 Å². The lowest BCUT2D eigenvalue weighted by molar-refractivity contribution is -0.224. The van der Waals surface area contributed by atoms with Crippen molar-refractivity contribution in [3.05, 3.63) is 59.6 Å². The molecular weight excluding hydrogens is 414 g/mol. The first-order valence-electron chi connectivity index (χ1n) is 10.3. The summed E-state index contributed by atoms with van der Waals surface area (Å²) in [4.78, 5) is 9.09. The molecule has 1 aromatic carbocycles. The topological polar surface area (TPSA) is 69.4 Å². The van der Waals surface area contributed by atoms with Gasteiger partial charge in [-0.15, -0.1) is 0 Å². The second-order valence-corrected chi connectivity index (χ2v) is 9.82. The van der Waals surface area contributed by atoms with Gasteiger partial charge in [0.1, 0.15) is 17.2 Å². The van der Waals surface area contributed by atoms with Crippen molar-refractivity contribution in [3.63, 3.8) is 0 Å². The minimum Gasteiger partial charge on any atom is -0.494 e. The Labute approximate surface area is 187 Å². The molecule has 1 fully saturated rings. The first-order chi connectivity index (χ1) is 14.5. The molecule has 6 nitrogen and oxygen atoms in total. The number of rotatable bonds is 4. The molecule has 1 saturated heterocycles. The molecule has 7 heteroatoms. The molecule has 3 heterocycles. The van der Waals surface area contributed by atoms with Gasteiger partial charge in [0.25, 0.3) is 0 Å². The molecule has 3 aromatic rings. The van der Waals surface area contributed by atoms with E-state index in [1.165, 1.54) is 0 Å². The van der Waals surface area contributed by atoms with Gasteiger partial charge in [0.05, 0.1) is 35.8 Å². The second-order valence-electron chi connectivity index (χ2n) is 9.38. The van der Waals surface area contributed by atoms with E-state index < -0.39 is 16.8 Å². The molecule has 0 saturated carbocycles. The van der Waals surface area contributed by atoms with Crippen LogP contribution in [0.1, 0.15) is 46.2 Å². The molecule has 0 bridgehead atoms. The number of aliphatic hydroxyl groups is 1. The summed E-state index contributed by atoms with van der Waals surface area (Å²) < 4.78 is 13.7. The summed E-state index contributed by atoms with van der Waals surface area (Å²) in [6, 6.07) is 9.37. The number of hydrogen-bond acceptors (Lipinski definition) is 5. The van der Waals surface area contributed by atoms with Crippen molar-refractivity contribution < 1.29 is 14.6 Å². The zero-order valence-corrected chi connectivity index (χ0v) is 19.3. The van der Waals surface area contributed by atoms with Gasteiger partial charge in [-0.05, 0) is 58.0 Å². The highest BCUT2D eigenvalue weighted by molar-refractivity contribution is 6.30. The van der Waals surface area contributed by atoms with Crippen molar-refractivity contribution in [1.82, 2.24) is 14.5 Å². The fraction of sp³-hybridized carbons (Fsp3) is 0.417. The number of methoxy groups -OCH3 is 1. The van der Waals surface area contributed by atoms with Crippen LogP contribution in [0.15, 0.2) is 48.9 Å². The highest BCUT2D eigenvalue weighted by Crippen LogP contribution is 2.46. The van der Waals surface area contributed by atoms with Crippen LogP contribution in [0.5, 0.6) is 5.75 Å². The van der Waals surface area contributed by atoms with E-state index in [0.717, 1.165) is 11.3 Å². The molecule has 1 aliphatic heterocycles. The molecule has 164 valence electrons. The fourth-order valence-electron chi connectivity index (χ4n) is 4.79. The summed E-state index contributed by atoms with van der Waals surface area (Å²) in [5, 5.41) is 12.4. The normalized spacial score (nSPS) is 19.2. The van der Waals surface area contributed by atoms with E-state index in [-0.39, 0.29) is 0 Å². The average Bonchev–Trinajstić information content (AvgIpc) is 3.12. The molecule has 0 spiro atoms. The van der Waals surface area contributed by atoms with E-state index in [1.54, 1.807) is 19.5 Å². The number of halogens is 1. The summed E-state index contributed by atoms with van der Waals surface area (Å²) in [6.07, 6.45) is 6.14. The minimum absolute atomic E-state index is 0.438. The first-order valence-corrected chi connectivity index (χ1v) is 10.7. The van der Waals surface area contributed by atoms with Gasteiger partial charge in [-0.3, -0.25) is 9.55 Å². The van der Waals surface area contributed by atoms with Crippen molar-refractivity contribution in [2.45, 2.75) is 57.3 Å². The largest absolute Gasteiger partial charge is 0.494 e. The van der Waals surface area contributed by atoms with Gasteiger partial charge in [0.2, 0.25) is 0 Å². The van der Waals surface area contributed by atoms with E-state index >= 15 is 0 Å². The summed E-state index contributed by atoms with van der Waals surface area (Å²) >= 11 is 6.11. The maximum absolute atomic E-state index is 11.8. The maximum atomic E-state index is 11.8. The van der Waals surface area contributed by atoms with Gasteiger partial charge in [-0.1, -0.05) is 11.6 Å². The SMILES string of the molecule is COc1cnccc1-c1nc(C2(O)CC(C)(C)OC(C)(C)C2)cn1-c1ccc(Cl)cc1. The van der Waals surface area contributed by atoms with Gasteiger partial charge in [-0.25, -0.2) is 4.98 Å². The van der Waals surface area contributed by atoms with Crippen LogP contribution >= 0.6 is 11.6 Å². The second kappa shape index (κ2) is 7.62. The third kappa shape index (κ3) is 4.33. The van der Waals surface area contributed by atoms with Crippen LogP contribution in [0.25, 0.3) is 17.1 Å². The predicted octanol–water partition coefficient (Wildman–Crippen LogP) is 5.15. The zero-order chi connectivity index (χ0) is 22.4. The third-order valence-electron chi connectivity index (χ3n) is 5.52. The summed E-state index contributed by atoms with van der Waals surface area (Å²) in [5.41, 5.74) is 0.141. The van der Waals surface area contributed by atoms with Gasteiger partial charge >= 0.3 is 0 Å². The highest BCUT2D eigenvalue weighted by Gasteiger charge is 2.49. The highest BCUT2D eigenvalue weighted by atomic mass is 35.5. The Bertz CT molecular complexity index is 1070. The molecule has 1 N–H and O–H groups in total. The van der Waals surface area contributed by atoms with Crippen molar-refractivity contribution in [2.24, 2.45) is 0 Å². The Morgan fingerprint density at radius 2 is 1.71 bits per heavy atom. The van der Waals surface area contributed by atoms with E-state index in [9.17, 15) is 5.11 Å². The van der Waals surface area contributed by atoms with Crippen LogP contribution in [-0.2, 0) is 10.3 Å². The monoisotopic (exact) mass is 441 g/mol. The smallest absolute Gasteiger partial charge is 0.148 e. The molecule has 0 amide bonds. The molecular formula is C24H28ClN3O3. The number of imidazole rings is 1. The molecule has 0 unspecified atom stereocenters. The lowest BCUT2D eigenvalue weighted by Crippen LogP contribution is -2.52. The first kappa shape index (κ1) is 21.8. The van der Waals surface area contributed by atoms with E-state index in [1.807, 2.05) is 68.8 Å². The van der Waals surface area contributed by atoms with E-state index in [0.29, 0.717) is 35.1 Å². The van der Waals surface area contributed by atoms with Crippen LogP contribution in [0, 0.1) is 0 Å². The number of nitrogens with zero attached hydrogens (tertiary/aromatic N) is 3. The molecule has 2 aromatic heterocycles. The summed E-state index contributed by atoms with van der Waals surface area (Å²) in [7, 11) is 1.61. The molecule has 0 atom stereocenters. The van der Waals surface area contributed by atoms with Gasteiger partial charge in [0.15, 0.2) is 0 Å². The number of benzene rings is 1. The van der Waals surface area contributed by atoms with E-state index in [4.69, 9.17) is 26.1 Å². The Morgan fingerprint density at radius 3 is 2.32 bits per heavy atom. The van der Waals surface area contributed by atoms with Gasteiger partial charge < -0.3 is 14.6 Å². The van der Waals surface area contributed by atoms with Crippen LogP contribution in [0.4, 0.5) is 0 Å². The molecule has 31 heavy (non-hydrogen) atoms. The Morgan fingerprint density at radius 1 is 1.06 bits per heavy atom. The Kier molecular flexibility index (Phi) is 5.36. The van der Waals surface area contributed by atoms with Gasteiger partial charge in [0, 0.05) is 35.9 Å². The molecule has 4 rings (SSSR count). The van der Waals surface area contributed by atoms with Crippen molar-refractivity contribution in [3.8, 4) is 22.8 Å². The quantitative estimate of drug-likeness (QED) is 0.606. The van der Waals surface area contributed by atoms with Crippen molar-refractivity contribution in [1.29, 1.82) is 0 Å². The fourth-order valence-corrected chi connectivity index (χ4v) is 4.92. The predicted molar refractivity (Wildman–Crippen MR) is 121 cm³/mol. The van der Waals surface area contributed by atoms with Crippen LogP contribution in [0.3, 0.4) is 0 Å². The minimum atomic E-state index is -1.14. The Balaban J connectivity index is 1.90. The van der Waals surface area contributed by atoms with Crippen molar-refractivity contribution in [2.75, 3.05) is 7.11 Å². The summed E-state index contributed by atoms with van der Waals surface area (Å²) in [6.45, 7) is 8.01. The zero-order valence-electron chi connectivity index (χ0n) is 18.5. The number of aromatic nitrogens is 3. The van der Waals surface area contributed by atoms with Gasteiger partial charge in [-0.2, -0.15) is 0 Å². The number of ether oxygens (including phenoxy) is 2. The Hall–Kier alpha value is -2.41. The maximum Gasteiger partial charge on any atom is 0.148 e. The van der Waals surface area contributed by atoms with E-state index in [2.05, 4.69) is 4.98 Å². The molecule has 1 aliphatic rings.